The molecule has 0 aromatic heterocycles. The molecule has 0 radical (unpaired) electrons. The van der Waals surface area contributed by atoms with E-state index < -0.39 is 27.2 Å². The largest absolute Gasteiger partial charge is 0.467 e. The Balaban J connectivity index is 2.42. The fourth-order valence-electron chi connectivity index (χ4n) is 3.21. The van der Waals surface area contributed by atoms with Crippen LogP contribution in [-0.2, 0) is 18.7 Å². The van der Waals surface area contributed by atoms with Crippen molar-refractivity contribution in [3.05, 3.63) is 73.3 Å². The van der Waals surface area contributed by atoms with Crippen molar-refractivity contribution in [2.75, 3.05) is 13.7 Å². The number of benzene rings is 2. The molecule has 0 N–H and O–H groups in total. The number of carbonyl (C=O) groups excluding carboxylic acids is 1. The molecule has 0 saturated carbocycles. The lowest BCUT2D eigenvalue weighted by Gasteiger charge is -2.33. The van der Waals surface area contributed by atoms with Crippen molar-refractivity contribution in [2.45, 2.75) is 39.4 Å². The Hall–Kier alpha value is -2.21. The van der Waals surface area contributed by atoms with Gasteiger partial charge in [0.25, 0.3) is 0 Å². The Kier molecular flexibility index (Phi) is 8.83. The molecular weight excluding hydrogens is 380 g/mol. The predicted molar refractivity (Wildman–Crippen MR) is 120 cm³/mol. The number of hydrogen-bond acceptors (Lipinski definition) is 4. The van der Waals surface area contributed by atoms with Gasteiger partial charge >= 0.3 is 5.97 Å². The van der Waals surface area contributed by atoms with Crippen LogP contribution in [0.15, 0.2) is 73.3 Å². The molecule has 0 aliphatic carbocycles. The molecule has 5 heteroatoms. The molecule has 0 fully saturated rings. The lowest BCUT2D eigenvalue weighted by molar-refractivity contribution is -0.157. The van der Waals surface area contributed by atoms with Gasteiger partial charge in [0.1, 0.15) is 0 Å². The van der Waals surface area contributed by atoms with Crippen LogP contribution in [0.4, 0.5) is 0 Å². The zero-order valence-corrected chi connectivity index (χ0v) is 19.0. The number of rotatable bonds is 10. The number of methoxy groups -OCH3 is 1. The maximum Gasteiger partial charge on any atom is 0.336 e. The monoisotopic (exact) mass is 412 g/mol. The molecule has 1 unspecified atom stereocenters. The molecule has 29 heavy (non-hydrogen) atoms. The first-order chi connectivity index (χ1) is 13.9. The summed E-state index contributed by atoms with van der Waals surface area (Å²) in [6, 6.07) is 20.2. The molecule has 2 atom stereocenters. The standard InChI is InChI=1S/C24H32O4Si/c1-6-17-27-21(18-24(2,3)4)22(23(25)26-5)28-29(19-13-9-7-10-14-19)20-15-11-8-12-16-20/h6-16,21-22,29H,1,17-18H2,2-5H3/t21?,22-/m0/s1. The van der Waals surface area contributed by atoms with Gasteiger partial charge in [-0.1, -0.05) is 87.5 Å². The van der Waals surface area contributed by atoms with Crippen LogP contribution in [0.2, 0.25) is 0 Å². The molecule has 2 rings (SSSR count). The maximum atomic E-state index is 12.8. The third-order valence-electron chi connectivity index (χ3n) is 4.50. The average Bonchev–Trinajstić information content (AvgIpc) is 2.72. The van der Waals surface area contributed by atoms with Crippen LogP contribution in [0.3, 0.4) is 0 Å². The van der Waals surface area contributed by atoms with Crippen LogP contribution in [0.1, 0.15) is 27.2 Å². The van der Waals surface area contributed by atoms with Crippen molar-refractivity contribution in [1.82, 2.24) is 0 Å². The Morgan fingerprint density at radius 1 is 1.03 bits per heavy atom. The van der Waals surface area contributed by atoms with Crippen molar-refractivity contribution in [1.29, 1.82) is 0 Å². The van der Waals surface area contributed by atoms with E-state index in [1.807, 2.05) is 36.4 Å². The van der Waals surface area contributed by atoms with E-state index in [1.165, 1.54) is 7.11 Å². The van der Waals surface area contributed by atoms with Gasteiger partial charge in [-0.05, 0) is 22.2 Å². The highest BCUT2D eigenvalue weighted by Crippen LogP contribution is 2.26. The van der Waals surface area contributed by atoms with Gasteiger partial charge < -0.3 is 13.9 Å². The van der Waals surface area contributed by atoms with Crippen LogP contribution in [0.25, 0.3) is 0 Å². The van der Waals surface area contributed by atoms with E-state index in [0.717, 1.165) is 10.4 Å². The third kappa shape index (κ3) is 7.27. The van der Waals surface area contributed by atoms with Crippen molar-refractivity contribution < 1.29 is 18.7 Å². The van der Waals surface area contributed by atoms with Crippen molar-refractivity contribution >= 4 is 25.4 Å². The maximum absolute atomic E-state index is 12.8. The van der Waals surface area contributed by atoms with E-state index in [9.17, 15) is 4.79 Å². The normalized spacial score (nSPS) is 13.7. The van der Waals surface area contributed by atoms with Gasteiger partial charge in [-0.25, -0.2) is 4.79 Å². The Morgan fingerprint density at radius 3 is 1.97 bits per heavy atom. The van der Waals surface area contributed by atoms with Crippen LogP contribution < -0.4 is 10.4 Å². The average molecular weight is 413 g/mol. The van der Waals surface area contributed by atoms with Crippen LogP contribution >= 0.6 is 0 Å². The van der Waals surface area contributed by atoms with Crippen molar-refractivity contribution in [2.24, 2.45) is 5.41 Å². The van der Waals surface area contributed by atoms with Crippen LogP contribution in [0.5, 0.6) is 0 Å². The van der Waals surface area contributed by atoms with E-state index in [4.69, 9.17) is 13.9 Å². The molecule has 156 valence electrons. The molecule has 0 heterocycles. The Bertz CT molecular complexity index is 716. The second kappa shape index (κ2) is 11.1. The summed E-state index contributed by atoms with van der Waals surface area (Å²) in [5.41, 5.74) is -0.0436. The third-order valence-corrected chi connectivity index (χ3v) is 7.05. The zero-order valence-electron chi connectivity index (χ0n) is 17.8. The molecule has 2 aromatic rings. The summed E-state index contributed by atoms with van der Waals surface area (Å²) >= 11 is 0. The van der Waals surface area contributed by atoms with Gasteiger partial charge in [-0.15, -0.1) is 6.58 Å². The van der Waals surface area contributed by atoms with Gasteiger partial charge in [0.2, 0.25) is 9.04 Å². The Morgan fingerprint density at radius 2 is 1.55 bits per heavy atom. The summed E-state index contributed by atoms with van der Waals surface area (Å²) in [7, 11) is -0.752. The topological polar surface area (TPSA) is 44.8 Å². The Labute approximate surface area is 176 Å². The van der Waals surface area contributed by atoms with Gasteiger partial charge in [0.15, 0.2) is 6.10 Å². The smallest absolute Gasteiger partial charge is 0.336 e. The number of carbonyl (C=O) groups is 1. The van der Waals surface area contributed by atoms with Gasteiger partial charge in [0, 0.05) is 0 Å². The lowest BCUT2D eigenvalue weighted by atomic mass is 9.87. The number of ether oxygens (including phenoxy) is 2. The number of hydrogen-bond donors (Lipinski definition) is 0. The summed E-state index contributed by atoms with van der Waals surface area (Å²) in [5.74, 6) is -0.410. The molecule has 4 nitrogen and oxygen atoms in total. The van der Waals surface area contributed by atoms with Gasteiger partial charge in [0.05, 0.1) is 19.8 Å². The fourth-order valence-corrected chi connectivity index (χ4v) is 5.63. The lowest BCUT2D eigenvalue weighted by Crippen LogP contribution is -2.53. The molecular formula is C24H32O4Si. The highest BCUT2D eigenvalue weighted by atomic mass is 28.3. The first kappa shape index (κ1) is 23.1. The highest BCUT2D eigenvalue weighted by Gasteiger charge is 2.37. The minimum atomic E-state index is -2.14. The second-order valence-electron chi connectivity index (χ2n) is 8.21. The molecule has 0 aliphatic heterocycles. The minimum Gasteiger partial charge on any atom is -0.467 e. The molecule has 0 spiro atoms. The summed E-state index contributed by atoms with van der Waals surface area (Å²) < 4.78 is 17.7. The van der Waals surface area contributed by atoms with E-state index >= 15 is 0 Å². The molecule has 0 bridgehead atoms. The van der Waals surface area contributed by atoms with Gasteiger partial charge in [-0.3, -0.25) is 0 Å². The van der Waals surface area contributed by atoms with Crippen LogP contribution in [-0.4, -0.2) is 40.9 Å². The summed E-state index contributed by atoms with van der Waals surface area (Å²) in [6.07, 6.45) is 1.11. The zero-order chi connectivity index (χ0) is 21.3. The fraction of sp³-hybridized carbons (Fsp3) is 0.375. The van der Waals surface area contributed by atoms with E-state index in [-0.39, 0.29) is 5.41 Å². The first-order valence-electron chi connectivity index (χ1n) is 9.91. The SMILES string of the molecule is C=CCOC(CC(C)(C)C)[C@H](O[SiH](c1ccccc1)c1ccccc1)C(=O)OC. The number of esters is 1. The summed E-state index contributed by atoms with van der Waals surface area (Å²) in [4.78, 5) is 12.8. The van der Waals surface area contributed by atoms with Crippen LogP contribution in [0, 0.1) is 5.41 Å². The quantitative estimate of drug-likeness (QED) is 0.342. The van der Waals surface area contributed by atoms with Gasteiger partial charge in [-0.2, -0.15) is 0 Å². The highest BCUT2D eigenvalue weighted by molar-refractivity contribution is 6.80. The van der Waals surface area contributed by atoms with E-state index in [0.29, 0.717) is 13.0 Å². The molecule has 0 saturated heterocycles. The second-order valence-corrected chi connectivity index (χ2v) is 10.6. The predicted octanol–water partition coefficient (Wildman–Crippen LogP) is 3.09. The van der Waals surface area contributed by atoms with Crippen molar-refractivity contribution in [3.8, 4) is 0 Å². The molecule has 0 aliphatic rings. The summed E-state index contributed by atoms with van der Waals surface area (Å²) in [5, 5.41) is 2.21. The van der Waals surface area contributed by atoms with E-state index in [2.05, 4.69) is 51.6 Å². The first-order valence-corrected chi connectivity index (χ1v) is 11.5. The summed E-state index contributed by atoms with van der Waals surface area (Å²) in [6.45, 7) is 10.4. The van der Waals surface area contributed by atoms with E-state index in [1.54, 1.807) is 6.08 Å². The van der Waals surface area contributed by atoms with Crippen molar-refractivity contribution in [3.63, 3.8) is 0 Å². The molecule has 0 amide bonds. The molecule has 2 aromatic carbocycles. The minimum absolute atomic E-state index is 0.0436.